The van der Waals surface area contributed by atoms with Gasteiger partial charge in [-0.25, -0.2) is 23.5 Å². The number of nitrogens with one attached hydrogen (secondary N) is 1. The first-order chi connectivity index (χ1) is 18.2. The lowest BCUT2D eigenvalue weighted by atomic mass is 10.1. The monoisotopic (exact) mass is 593 g/mol. The smallest absolute Gasteiger partial charge is 0.421 e. The highest BCUT2D eigenvalue weighted by Crippen LogP contribution is 2.35. The van der Waals surface area contributed by atoms with Crippen LogP contribution in [0.15, 0.2) is 35.6 Å². The molecule has 2 aromatic heterocycles. The van der Waals surface area contributed by atoms with Crippen LogP contribution in [-0.2, 0) is 21.0 Å². The van der Waals surface area contributed by atoms with E-state index in [0.29, 0.717) is 17.2 Å². The minimum atomic E-state index is -4.96. The first-order valence-electron chi connectivity index (χ1n) is 11.6. The number of nitrogens with zero attached hydrogens (tertiary/aromatic N) is 4. The number of alkyl halides is 5. The maximum absolute atomic E-state index is 13.9. The minimum absolute atomic E-state index is 0.142. The van der Waals surface area contributed by atoms with Crippen LogP contribution in [-0.4, -0.2) is 63.7 Å². The lowest BCUT2D eigenvalue weighted by molar-refractivity contribution is -0.137. The summed E-state index contributed by atoms with van der Waals surface area (Å²) in [6.45, 7) is 3.31. The van der Waals surface area contributed by atoms with Crippen molar-refractivity contribution in [3.05, 3.63) is 41.7 Å². The van der Waals surface area contributed by atoms with Gasteiger partial charge in [-0.2, -0.15) is 25.9 Å². The number of sulfonamides is 1. The number of carboxylic acid groups (broad SMARTS) is 1. The van der Waals surface area contributed by atoms with Crippen LogP contribution < -0.4 is 10.2 Å². The van der Waals surface area contributed by atoms with Gasteiger partial charge in [-0.15, -0.1) is 0 Å². The van der Waals surface area contributed by atoms with Gasteiger partial charge in [0.2, 0.25) is 11.8 Å². The molecule has 3 rings (SSSR count). The summed E-state index contributed by atoms with van der Waals surface area (Å²) in [5, 5.41) is 10.8. The average Bonchev–Trinajstić information content (AvgIpc) is 2.94. The Morgan fingerprint density at radius 3 is 2.35 bits per heavy atom. The summed E-state index contributed by atoms with van der Waals surface area (Å²) in [5.41, 5.74) is -3.90. The molecule has 0 aromatic carbocycles. The van der Waals surface area contributed by atoms with Crippen LogP contribution in [0, 0.1) is 0 Å². The van der Waals surface area contributed by atoms with Crippen molar-refractivity contribution < 1.29 is 49.9 Å². The molecule has 0 saturated carbocycles. The molecule has 3 heterocycles. The van der Waals surface area contributed by atoms with Crippen LogP contribution in [0.3, 0.4) is 0 Å². The minimum Gasteiger partial charge on any atom is -0.464 e. The number of carbonyl (C=O) groups excluding carboxylic acids is 2. The topological polar surface area (TPSA) is 150 Å². The van der Waals surface area contributed by atoms with E-state index in [1.165, 1.54) is 20.8 Å². The highest BCUT2D eigenvalue weighted by atomic mass is 32.2. The van der Waals surface area contributed by atoms with Crippen molar-refractivity contribution in [2.24, 2.45) is 0 Å². The van der Waals surface area contributed by atoms with E-state index < -0.39 is 93.3 Å². The van der Waals surface area contributed by atoms with Crippen LogP contribution >= 0.6 is 0 Å². The quantitative estimate of drug-likeness (QED) is 0.486. The Bertz CT molecular complexity index is 1440. The molecule has 40 heavy (non-hydrogen) atoms. The fraction of sp³-hybridized carbons (Fsp3) is 0.435. The molecule has 11 nitrogen and oxygen atoms in total. The number of hydrogen-bond donors (Lipinski definition) is 2. The van der Waals surface area contributed by atoms with Gasteiger partial charge in [-0.3, -0.25) is 14.5 Å². The second kappa shape index (κ2) is 10.6. The fourth-order valence-electron chi connectivity index (χ4n) is 3.84. The molecule has 1 fully saturated rings. The standard InChI is InChI=1S/C23H24F5N5O6S/c1-21(2,3)33(20(36)37)40(38,39)16-11-14(5-8-29-16)31-19(35)15-10-13(23(26,27)28)12-30-18(15)32-9-7-22(24,25)6-4-17(32)34/h5,8,10-12H,4,6-7,9H2,1-3H3,(H,36,37)(H,29,31,35). The Hall–Kier alpha value is -3.89. The maximum atomic E-state index is 13.9. The van der Waals surface area contributed by atoms with Crippen LogP contribution in [0.5, 0.6) is 0 Å². The van der Waals surface area contributed by atoms with E-state index in [0.717, 1.165) is 18.3 Å². The highest BCUT2D eigenvalue weighted by molar-refractivity contribution is 7.89. The molecule has 0 bridgehead atoms. The van der Waals surface area contributed by atoms with Crippen molar-refractivity contribution in [1.82, 2.24) is 14.3 Å². The Kier molecular flexibility index (Phi) is 8.11. The second-order valence-electron chi connectivity index (χ2n) is 9.80. The first-order valence-corrected chi connectivity index (χ1v) is 13.0. The van der Waals surface area contributed by atoms with Crippen LogP contribution in [0.2, 0.25) is 0 Å². The van der Waals surface area contributed by atoms with Gasteiger partial charge in [0.1, 0.15) is 5.82 Å². The molecule has 218 valence electrons. The molecule has 2 aromatic rings. The molecule has 0 atom stereocenters. The molecule has 17 heteroatoms. The van der Waals surface area contributed by atoms with Crippen molar-refractivity contribution in [1.29, 1.82) is 0 Å². The molecular weight excluding hydrogens is 569 g/mol. The highest BCUT2D eigenvalue weighted by Gasteiger charge is 2.40. The number of pyridine rings is 2. The second-order valence-corrected chi connectivity index (χ2v) is 11.5. The zero-order valence-corrected chi connectivity index (χ0v) is 22.1. The van der Waals surface area contributed by atoms with Gasteiger partial charge in [-0.05, 0) is 32.9 Å². The van der Waals surface area contributed by atoms with Crippen LogP contribution in [0.4, 0.5) is 38.3 Å². The summed E-state index contributed by atoms with van der Waals surface area (Å²) >= 11 is 0. The number of amides is 3. The Morgan fingerprint density at radius 2 is 1.77 bits per heavy atom. The zero-order valence-electron chi connectivity index (χ0n) is 21.3. The lowest BCUT2D eigenvalue weighted by Crippen LogP contribution is -2.48. The zero-order chi connectivity index (χ0) is 30.3. The van der Waals surface area contributed by atoms with Crippen LogP contribution in [0.1, 0.15) is 56.0 Å². The molecule has 3 amide bonds. The number of hydrogen-bond acceptors (Lipinski definition) is 7. The summed E-state index contributed by atoms with van der Waals surface area (Å²) in [6.07, 6.45) is -7.75. The van der Waals surface area contributed by atoms with Crippen LogP contribution in [0.25, 0.3) is 0 Å². The third kappa shape index (κ3) is 6.63. The van der Waals surface area contributed by atoms with Crippen molar-refractivity contribution in [2.45, 2.75) is 62.7 Å². The number of halogens is 5. The van der Waals surface area contributed by atoms with E-state index in [2.05, 4.69) is 15.3 Å². The molecule has 1 aliphatic rings. The number of carbonyl (C=O) groups is 3. The molecule has 0 spiro atoms. The van der Waals surface area contributed by atoms with Gasteiger partial charge in [0.05, 0.1) is 16.7 Å². The summed E-state index contributed by atoms with van der Waals surface area (Å²) < 4.78 is 94.2. The molecule has 0 unspecified atom stereocenters. The third-order valence-corrected chi connectivity index (χ3v) is 7.62. The summed E-state index contributed by atoms with van der Waals surface area (Å²) in [7, 11) is -4.77. The molecule has 2 N–H and O–H groups in total. The number of aromatic nitrogens is 2. The maximum Gasteiger partial charge on any atom is 0.421 e. The lowest BCUT2D eigenvalue weighted by Gasteiger charge is -2.31. The van der Waals surface area contributed by atoms with Gasteiger partial charge in [0.25, 0.3) is 15.9 Å². The van der Waals surface area contributed by atoms with E-state index in [4.69, 9.17) is 0 Å². The van der Waals surface area contributed by atoms with Crippen molar-refractivity contribution in [3.63, 3.8) is 0 Å². The largest absolute Gasteiger partial charge is 0.464 e. The molecule has 0 aliphatic carbocycles. The Morgan fingerprint density at radius 1 is 1.12 bits per heavy atom. The van der Waals surface area contributed by atoms with Gasteiger partial charge in [0.15, 0.2) is 5.03 Å². The van der Waals surface area contributed by atoms with Crippen molar-refractivity contribution >= 4 is 39.4 Å². The van der Waals surface area contributed by atoms with Crippen molar-refractivity contribution in [3.8, 4) is 0 Å². The normalized spacial score (nSPS) is 16.3. The average molecular weight is 594 g/mol. The summed E-state index contributed by atoms with van der Waals surface area (Å²) in [5.74, 6) is -5.97. The summed E-state index contributed by atoms with van der Waals surface area (Å²) in [4.78, 5) is 45.3. The van der Waals surface area contributed by atoms with Gasteiger partial charge in [-0.1, -0.05) is 0 Å². The van der Waals surface area contributed by atoms with Gasteiger partial charge < -0.3 is 10.4 Å². The number of rotatable bonds is 5. The Balaban J connectivity index is 2.04. The first kappa shape index (κ1) is 30.6. The SMILES string of the molecule is CC(C)(C)N(C(=O)O)S(=O)(=O)c1cc(NC(=O)c2cc(C(F)(F)F)cnc2N2CCC(F)(F)CCC2=O)ccn1. The van der Waals surface area contributed by atoms with E-state index in [1.807, 2.05) is 0 Å². The van der Waals surface area contributed by atoms with E-state index >= 15 is 0 Å². The summed E-state index contributed by atoms with van der Waals surface area (Å²) in [6, 6.07) is 2.25. The van der Waals surface area contributed by atoms with Gasteiger partial charge >= 0.3 is 12.3 Å². The molecular formula is C23H24F5N5O6S. The van der Waals surface area contributed by atoms with Gasteiger partial charge in [0, 0.05) is 50.0 Å². The third-order valence-electron chi connectivity index (χ3n) is 5.68. The molecule has 1 saturated heterocycles. The predicted octanol–water partition coefficient (Wildman–Crippen LogP) is 4.37. The van der Waals surface area contributed by atoms with Crippen molar-refractivity contribution in [2.75, 3.05) is 16.8 Å². The predicted molar refractivity (Wildman–Crippen MR) is 129 cm³/mol. The van der Waals surface area contributed by atoms with E-state index in [1.54, 1.807) is 0 Å². The molecule has 0 radical (unpaired) electrons. The number of anilines is 2. The Labute approximate surface area is 225 Å². The molecule has 1 aliphatic heterocycles. The van der Waals surface area contributed by atoms with E-state index in [9.17, 15) is 49.9 Å². The van der Waals surface area contributed by atoms with E-state index in [-0.39, 0.29) is 9.99 Å². The fourth-order valence-corrected chi connectivity index (χ4v) is 5.42.